The summed E-state index contributed by atoms with van der Waals surface area (Å²) in [5.74, 6) is 0.0740. The zero-order chi connectivity index (χ0) is 19.5. The van der Waals surface area contributed by atoms with E-state index in [9.17, 15) is 4.79 Å². The normalized spacial score (nSPS) is 26.5. The Morgan fingerprint density at radius 3 is 2.40 bits per heavy atom. The van der Waals surface area contributed by atoms with Crippen molar-refractivity contribution in [2.75, 3.05) is 6.61 Å². The van der Waals surface area contributed by atoms with Crippen LogP contribution in [0, 0.1) is 5.92 Å². The van der Waals surface area contributed by atoms with Crippen molar-refractivity contribution >= 4 is 14.3 Å². The summed E-state index contributed by atoms with van der Waals surface area (Å²) >= 11 is 0. The van der Waals surface area contributed by atoms with E-state index in [0.29, 0.717) is 12.5 Å². The van der Waals surface area contributed by atoms with E-state index in [4.69, 9.17) is 13.9 Å². The van der Waals surface area contributed by atoms with Crippen molar-refractivity contribution in [2.24, 2.45) is 5.92 Å². The molecule has 1 heterocycles. The molecular weight excluding hydrogens is 332 g/mol. The Balaban J connectivity index is 2.61. The SMILES string of the molecule is CCOC(=O)/C=C/[C@]1(C)O[C@H]1[C@@H](C)C[C@@H](CC)O[Si](C)(C)C(C)(C)C. The van der Waals surface area contributed by atoms with Gasteiger partial charge >= 0.3 is 5.97 Å². The first kappa shape index (κ1) is 22.4. The molecule has 0 unspecified atom stereocenters. The lowest BCUT2D eigenvalue weighted by molar-refractivity contribution is -0.137. The quantitative estimate of drug-likeness (QED) is 0.245. The predicted molar refractivity (Wildman–Crippen MR) is 105 cm³/mol. The van der Waals surface area contributed by atoms with Gasteiger partial charge in [0.1, 0.15) is 5.60 Å². The maximum Gasteiger partial charge on any atom is 0.330 e. The number of rotatable bonds is 9. The monoisotopic (exact) mass is 370 g/mol. The minimum Gasteiger partial charge on any atom is -0.463 e. The van der Waals surface area contributed by atoms with Crippen molar-refractivity contribution in [2.45, 2.75) is 97.2 Å². The molecule has 0 aromatic carbocycles. The van der Waals surface area contributed by atoms with Crippen molar-refractivity contribution in [3.8, 4) is 0 Å². The molecule has 25 heavy (non-hydrogen) atoms. The first-order chi connectivity index (χ1) is 11.4. The number of hydrogen-bond donors (Lipinski definition) is 0. The lowest BCUT2D eigenvalue weighted by atomic mass is 9.92. The van der Waals surface area contributed by atoms with Gasteiger partial charge in [-0.25, -0.2) is 4.79 Å². The summed E-state index contributed by atoms with van der Waals surface area (Å²) in [5, 5.41) is 0.219. The molecule has 1 rings (SSSR count). The summed E-state index contributed by atoms with van der Waals surface area (Å²) < 4.78 is 17.4. The van der Waals surface area contributed by atoms with Crippen molar-refractivity contribution < 1.29 is 18.7 Å². The molecule has 0 aromatic rings. The first-order valence-electron chi connectivity index (χ1n) is 9.58. The van der Waals surface area contributed by atoms with E-state index in [1.165, 1.54) is 6.08 Å². The third kappa shape index (κ3) is 6.22. The van der Waals surface area contributed by atoms with Gasteiger partial charge < -0.3 is 13.9 Å². The molecule has 0 aromatic heterocycles. The second-order valence-corrected chi connectivity index (χ2v) is 13.7. The van der Waals surface area contributed by atoms with Crippen LogP contribution < -0.4 is 0 Å². The van der Waals surface area contributed by atoms with Crippen molar-refractivity contribution in [1.29, 1.82) is 0 Å². The number of epoxide rings is 1. The smallest absolute Gasteiger partial charge is 0.330 e. The molecule has 4 nitrogen and oxygen atoms in total. The highest BCUT2D eigenvalue weighted by Crippen LogP contribution is 2.45. The van der Waals surface area contributed by atoms with Gasteiger partial charge in [0.25, 0.3) is 0 Å². The van der Waals surface area contributed by atoms with Crippen LogP contribution in [0.4, 0.5) is 0 Å². The first-order valence-corrected chi connectivity index (χ1v) is 12.5. The second kappa shape index (κ2) is 8.36. The fourth-order valence-corrected chi connectivity index (χ4v) is 4.36. The largest absolute Gasteiger partial charge is 0.463 e. The van der Waals surface area contributed by atoms with E-state index >= 15 is 0 Å². The van der Waals surface area contributed by atoms with E-state index in [0.717, 1.165) is 12.8 Å². The molecule has 1 aliphatic rings. The van der Waals surface area contributed by atoms with Crippen LogP contribution in [0.1, 0.15) is 61.3 Å². The fourth-order valence-electron chi connectivity index (χ4n) is 2.91. The zero-order valence-electron chi connectivity index (χ0n) is 17.6. The number of ether oxygens (including phenoxy) is 2. The lowest BCUT2D eigenvalue weighted by Crippen LogP contribution is -2.44. The molecule has 0 saturated carbocycles. The van der Waals surface area contributed by atoms with Gasteiger partial charge in [-0.3, -0.25) is 0 Å². The van der Waals surface area contributed by atoms with Gasteiger partial charge in [-0.2, -0.15) is 0 Å². The van der Waals surface area contributed by atoms with Crippen LogP contribution in [0.15, 0.2) is 12.2 Å². The van der Waals surface area contributed by atoms with Gasteiger partial charge in [-0.05, 0) is 56.8 Å². The molecule has 1 saturated heterocycles. The van der Waals surface area contributed by atoms with E-state index in [1.54, 1.807) is 6.92 Å². The molecule has 1 fully saturated rings. The van der Waals surface area contributed by atoms with Gasteiger partial charge in [0.05, 0.1) is 12.7 Å². The van der Waals surface area contributed by atoms with Crippen LogP contribution in [0.3, 0.4) is 0 Å². The maximum atomic E-state index is 11.5. The molecule has 0 amide bonds. The summed E-state index contributed by atoms with van der Waals surface area (Å²) in [7, 11) is -1.76. The van der Waals surface area contributed by atoms with Crippen LogP contribution in [0.5, 0.6) is 0 Å². The Labute approximate surface area is 155 Å². The van der Waals surface area contributed by atoms with Gasteiger partial charge in [0.2, 0.25) is 0 Å². The number of hydrogen-bond acceptors (Lipinski definition) is 4. The second-order valence-electron chi connectivity index (χ2n) is 8.93. The third-order valence-corrected chi connectivity index (χ3v) is 10.1. The zero-order valence-corrected chi connectivity index (χ0v) is 18.6. The van der Waals surface area contributed by atoms with E-state index < -0.39 is 8.32 Å². The highest BCUT2D eigenvalue weighted by atomic mass is 28.4. The summed E-state index contributed by atoms with van der Waals surface area (Å²) in [6.45, 7) is 20.1. The average Bonchev–Trinajstić information content (AvgIpc) is 3.16. The Morgan fingerprint density at radius 1 is 1.32 bits per heavy atom. The molecule has 0 radical (unpaired) electrons. The minimum atomic E-state index is -1.76. The highest BCUT2D eigenvalue weighted by molar-refractivity contribution is 6.74. The average molecular weight is 371 g/mol. The lowest BCUT2D eigenvalue weighted by Gasteiger charge is -2.39. The summed E-state index contributed by atoms with van der Waals surface area (Å²) in [4.78, 5) is 11.5. The summed E-state index contributed by atoms with van der Waals surface area (Å²) in [6, 6.07) is 0. The standard InChI is InChI=1S/C20H38O4Si/c1-10-16(24-25(8,9)19(4,5)6)14-15(3)18-20(7,23-18)13-12-17(21)22-11-2/h12-13,15-16,18H,10-11,14H2,1-9H3/b13-12+/t15-,16+,18-,20-/m0/s1. The molecule has 0 bridgehead atoms. The van der Waals surface area contributed by atoms with Crippen LogP contribution >= 0.6 is 0 Å². The molecule has 1 aliphatic heterocycles. The number of esters is 1. The number of carbonyl (C=O) groups excluding carboxylic acids is 1. The van der Waals surface area contributed by atoms with Crippen LogP contribution in [-0.4, -0.2) is 38.7 Å². The van der Waals surface area contributed by atoms with Gasteiger partial charge in [0.15, 0.2) is 8.32 Å². The highest BCUT2D eigenvalue weighted by Gasteiger charge is 2.53. The van der Waals surface area contributed by atoms with Gasteiger partial charge in [-0.1, -0.05) is 34.6 Å². The molecule has 0 aliphatic carbocycles. The van der Waals surface area contributed by atoms with E-state index in [-0.39, 0.29) is 28.8 Å². The van der Waals surface area contributed by atoms with E-state index in [2.05, 4.69) is 47.7 Å². The fraction of sp³-hybridized carbons (Fsp3) is 0.850. The van der Waals surface area contributed by atoms with Gasteiger partial charge in [-0.15, -0.1) is 0 Å². The van der Waals surface area contributed by atoms with Crippen LogP contribution in [0.2, 0.25) is 18.1 Å². The molecule has 146 valence electrons. The summed E-state index contributed by atoms with van der Waals surface area (Å²) in [6.07, 6.45) is 5.71. The molecule has 0 spiro atoms. The Kier molecular flexibility index (Phi) is 7.49. The van der Waals surface area contributed by atoms with Crippen molar-refractivity contribution in [3.05, 3.63) is 12.2 Å². The van der Waals surface area contributed by atoms with Crippen LogP contribution in [0.25, 0.3) is 0 Å². The topological polar surface area (TPSA) is 48.1 Å². The summed E-state index contributed by atoms with van der Waals surface area (Å²) in [5.41, 5.74) is -0.360. The van der Waals surface area contributed by atoms with Gasteiger partial charge in [0, 0.05) is 12.2 Å². The van der Waals surface area contributed by atoms with Crippen molar-refractivity contribution in [1.82, 2.24) is 0 Å². The molecule has 0 N–H and O–H groups in total. The predicted octanol–water partition coefficient (Wildman–Crippen LogP) is 5.09. The number of carbonyl (C=O) groups is 1. The van der Waals surface area contributed by atoms with Crippen LogP contribution in [-0.2, 0) is 18.7 Å². The molecule has 4 atom stereocenters. The Hall–Kier alpha value is -0.653. The third-order valence-electron chi connectivity index (χ3n) is 5.60. The van der Waals surface area contributed by atoms with Crippen molar-refractivity contribution in [3.63, 3.8) is 0 Å². The maximum absolute atomic E-state index is 11.5. The molecular formula is C20H38O4Si. The van der Waals surface area contributed by atoms with E-state index in [1.807, 2.05) is 13.0 Å². The molecule has 5 heteroatoms. The Bertz CT molecular complexity index is 481. The minimum absolute atomic E-state index is 0.134. The Morgan fingerprint density at radius 2 is 1.92 bits per heavy atom.